The normalized spacial score (nSPS) is 18.4. The van der Waals surface area contributed by atoms with Crippen LogP contribution in [0.5, 0.6) is 0 Å². The van der Waals surface area contributed by atoms with E-state index in [9.17, 15) is 18.4 Å². The van der Waals surface area contributed by atoms with Crippen molar-refractivity contribution in [3.8, 4) is 0 Å². The van der Waals surface area contributed by atoms with Gasteiger partial charge in [-0.2, -0.15) is 5.10 Å². The van der Waals surface area contributed by atoms with Crippen LogP contribution in [0.3, 0.4) is 0 Å². The van der Waals surface area contributed by atoms with Gasteiger partial charge in [0, 0.05) is 58.1 Å². The fourth-order valence-corrected chi connectivity index (χ4v) is 3.64. The molecular formula is C20H21F2N7O2. The van der Waals surface area contributed by atoms with Crippen molar-refractivity contribution in [2.24, 2.45) is 5.10 Å². The molecule has 0 aliphatic carbocycles. The second kappa shape index (κ2) is 8.62. The molecule has 4 rings (SSSR count). The first-order valence-electron chi connectivity index (χ1n) is 9.83. The van der Waals surface area contributed by atoms with Crippen molar-refractivity contribution < 1.29 is 18.4 Å². The molecule has 0 radical (unpaired) electrons. The predicted molar refractivity (Wildman–Crippen MR) is 109 cm³/mol. The summed E-state index contributed by atoms with van der Waals surface area (Å²) in [6.45, 7) is 1.73. The molecule has 0 saturated carbocycles. The lowest BCUT2D eigenvalue weighted by Crippen LogP contribution is -2.52. The Hall–Kier alpha value is -3.63. The number of halogens is 2. The van der Waals surface area contributed by atoms with Gasteiger partial charge in [0.1, 0.15) is 17.3 Å². The van der Waals surface area contributed by atoms with E-state index in [4.69, 9.17) is 0 Å². The van der Waals surface area contributed by atoms with Gasteiger partial charge < -0.3 is 15.1 Å². The second-order valence-electron chi connectivity index (χ2n) is 7.17. The van der Waals surface area contributed by atoms with Gasteiger partial charge in [-0.05, 0) is 23.8 Å². The van der Waals surface area contributed by atoms with Gasteiger partial charge in [-0.1, -0.05) is 0 Å². The standard InChI is InChI=1S/C20H21F2N7O2/c1-23-18(30)16-2-4-24-19(26-16)27-6-8-28(9-7-27)20(31)29-17(3-5-25-29)13-10-14(21)12-15(22)11-13/h2,4-5,10-12,17H,3,6-9H2,1H3,(H,23,30). The zero-order valence-corrected chi connectivity index (χ0v) is 16.8. The molecule has 1 aromatic heterocycles. The average molecular weight is 429 g/mol. The van der Waals surface area contributed by atoms with Crippen molar-refractivity contribution in [1.82, 2.24) is 25.2 Å². The Morgan fingerprint density at radius 1 is 1.10 bits per heavy atom. The third-order valence-corrected chi connectivity index (χ3v) is 5.23. The second-order valence-corrected chi connectivity index (χ2v) is 7.17. The van der Waals surface area contributed by atoms with E-state index in [0.717, 1.165) is 6.07 Å². The maximum atomic E-state index is 13.6. The Labute approximate surface area is 177 Å². The fourth-order valence-electron chi connectivity index (χ4n) is 3.64. The van der Waals surface area contributed by atoms with Gasteiger partial charge >= 0.3 is 6.03 Å². The van der Waals surface area contributed by atoms with Gasteiger partial charge in [-0.25, -0.2) is 28.6 Å². The lowest BCUT2D eigenvalue weighted by atomic mass is 10.0. The largest absolute Gasteiger partial charge is 0.354 e. The summed E-state index contributed by atoms with van der Waals surface area (Å²) in [7, 11) is 1.53. The van der Waals surface area contributed by atoms with Crippen molar-refractivity contribution in [3.05, 3.63) is 53.4 Å². The average Bonchev–Trinajstić information content (AvgIpc) is 3.27. The highest BCUT2D eigenvalue weighted by Gasteiger charge is 2.33. The monoisotopic (exact) mass is 429 g/mol. The first-order valence-corrected chi connectivity index (χ1v) is 9.83. The van der Waals surface area contributed by atoms with Crippen LogP contribution in [-0.2, 0) is 0 Å². The number of hydrogen-bond donors (Lipinski definition) is 1. The van der Waals surface area contributed by atoms with Crippen LogP contribution in [0.4, 0.5) is 19.5 Å². The first-order chi connectivity index (χ1) is 15.0. The van der Waals surface area contributed by atoms with E-state index in [0.29, 0.717) is 44.1 Å². The van der Waals surface area contributed by atoms with Crippen LogP contribution >= 0.6 is 0 Å². The molecule has 1 atom stereocenters. The van der Waals surface area contributed by atoms with Crippen molar-refractivity contribution >= 4 is 24.1 Å². The van der Waals surface area contributed by atoms with Gasteiger partial charge in [-0.15, -0.1) is 0 Å². The molecule has 2 aliphatic rings. The number of carbonyl (C=O) groups excluding carboxylic acids is 2. The fraction of sp³-hybridized carbons (Fsp3) is 0.350. The van der Waals surface area contributed by atoms with Crippen molar-refractivity contribution in [3.63, 3.8) is 0 Å². The molecule has 162 valence electrons. The zero-order chi connectivity index (χ0) is 22.0. The summed E-state index contributed by atoms with van der Waals surface area (Å²) < 4.78 is 27.3. The molecule has 1 N–H and O–H groups in total. The van der Waals surface area contributed by atoms with Gasteiger partial charge in [0.2, 0.25) is 5.95 Å². The molecule has 1 saturated heterocycles. The molecule has 31 heavy (non-hydrogen) atoms. The number of aromatic nitrogens is 2. The van der Waals surface area contributed by atoms with E-state index in [1.807, 2.05) is 4.90 Å². The predicted octanol–water partition coefficient (Wildman–Crippen LogP) is 1.79. The highest BCUT2D eigenvalue weighted by molar-refractivity contribution is 5.92. The number of amides is 3. The van der Waals surface area contributed by atoms with Crippen LogP contribution in [0.15, 0.2) is 35.6 Å². The van der Waals surface area contributed by atoms with Gasteiger partial charge in [-0.3, -0.25) is 4.79 Å². The van der Waals surface area contributed by atoms with Crippen molar-refractivity contribution in [2.45, 2.75) is 12.5 Å². The smallest absolute Gasteiger partial charge is 0.341 e. The Bertz CT molecular complexity index is 1000. The van der Waals surface area contributed by atoms with Crippen LogP contribution in [-0.4, -0.2) is 71.3 Å². The topological polar surface area (TPSA) is 94.0 Å². The number of nitrogens with one attached hydrogen (secondary N) is 1. The SMILES string of the molecule is CNC(=O)c1ccnc(N2CCN(C(=O)N3N=CCC3c3cc(F)cc(F)c3)CC2)n1. The Balaban J connectivity index is 1.42. The molecule has 1 aromatic carbocycles. The minimum Gasteiger partial charge on any atom is -0.354 e. The summed E-state index contributed by atoms with van der Waals surface area (Å²) in [5.74, 6) is -1.27. The molecule has 1 fully saturated rings. The van der Waals surface area contributed by atoms with Crippen LogP contribution in [0, 0.1) is 11.6 Å². The van der Waals surface area contributed by atoms with E-state index in [2.05, 4.69) is 20.4 Å². The summed E-state index contributed by atoms with van der Waals surface area (Å²) in [5.41, 5.74) is 0.629. The van der Waals surface area contributed by atoms with Crippen molar-refractivity contribution in [2.75, 3.05) is 38.1 Å². The lowest BCUT2D eigenvalue weighted by molar-refractivity contribution is 0.0958. The summed E-state index contributed by atoms with van der Waals surface area (Å²) >= 11 is 0. The minimum atomic E-state index is -0.693. The molecular weight excluding hydrogens is 408 g/mol. The third kappa shape index (κ3) is 4.30. The number of hydrazone groups is 1. The van der Waals surface area contributed by atoms with Gasteiger partial charge in [0.15, 0.2) is 0 Å². The Kier molecular flexibility index (Phi) is 5.74. The van der Waals surface area contributed by atoms with Gasteiger partial charge in [0.05, 0.1) is 6.04 Å². The van der Waals surface area contributed by atoms with E-state index < -0.39 is 17.7 Å². The molecule has 2 aromatic rings. The highest BCUT2D eigenvalue weighted by Crippen LogP contribution is 2.30. The van der Waals surface area contributed by atoms with Crippen LogP contribution in [0.25, 0.3) is 0 Å². The number of nitrogens with zero attached hydrogens (tertiary/aromatic N) is 6. The number of rotatable bonds is 3. The molecule has 0 spiro atoms. The molecule has 0 bridgehead atoms. The van der Waals surface area contributed by atoms with Crippen molar-refractivity contribution in [1.29, 1.82) is 0 Å². The van der Waals surface area contributed by atoms with E-state index in [1.165, 1.54) is 36.5 Å². The van der Waals surface area contributed by atoms with Crippen LogP contribution in [0.2, 0.25) is 0 Å². The van der Waals surface area contributed by atoms with Crippen LogP contribution in [0.1, 0.15) is 28.5 Å². The zero-order valence-electron chi connectivity index (χ0n) is 16.8. The Morgan fingerprint density at radius 3 is 2.48 bits per heavy atom. The third-order valence-electron chi connectivity index (χ3n) is 5.23. The summed E-state index contributed by atoms with van der Waals surface area (Å²) in [6.07, 6.45) is 3.47. The molecule has 3 amide bonds. The molecule has 11 heteroatoms. The lowest BCUT2D eigenvalue weighted by Gasteiger charge is -2.37. The quantitative estimate of drug-likeness (QED) is 0.803. The number of urea groups is 1. The number of anilines is 1. The first kappa shape index (κ1) is 20.6. The minimum absolute atomic E-state index is 0.266. The maximum Gasteiger partial charge on any atom is 0.341 e. The number of benzene rings is 1. The van der Waals surface area contributed by atoms with E-state index in [-0.39, 0.29) is 17.6 Å². The number of piperazine rings is 1. The van der Waals surface area contributed by atoms with E-state index in [1.54, 1.807) is 11.1 Å². The molecule has 9 nitrogen and oxygen atoms in total. The van der Waals surface area contributed by atoms with Crippen LogP contribution < -0.4 is 10.2 Å². The number of hydrogen-bond acceptors (Lipinski definition) is 6. The highest BCUT2D eigenvalue weighted by atomic mass is 19.1. The molecule has 1 unspecified atom stereocenters. The summed E-state index contributed by atoms with van der Waals surface area (Å²) in [6, 6.07) is 3.88. The Morgan fingerprint density at radius 2 is 1.81 bits per heavy atom. The summed E-state index contributed by atoms with van der Waals surface area (Å²) in [4.78, 5) is 36.8. The van der Waals surface area contributed by atoms with Gasteiger partial charge in [0.25, 0.3) is 5.91 Å². The maximum absolute atomic E-state index is 13.6. The van der Waals surface area contributed by atoms with E-state index >= 15 is 0 Å². The molecule has 2 aliphatic heterocycles. The number of carbonyl (C=O) groups is 2. The molecule has 3 heterocycles. The summed E-state index contributed by atoms with van der Waals surface area (Å²) in [5, 5.41) is 7.93.